The lowest BCUT2D eigenvalue weighted by Gasteiger charge is -2.22. The molecule has 2 aromatic carbocycles. The van der Waals surface area contributed by atoms with Gasteiger partial charge in [0.25, 0.3) is 0 Å². The first-order chi connectivity index (χ1) is 11.0. The average Bonchev–Trinajstić information content (AvgIpc) is 2.56. The van der Waals surface area contributed by atoms with Crippen LogP contribution in [0.25, 0.3) is 0 Å². The van der Waals surface area contributed by atoms with E-state index in [1.807, 2.05) is 43.3 Å². The molecule has 0 fully saturated rings. The summed E-state index contributed by atoms with van der Waals surface area (Å²) in [6.07, 6.45) is 0. The zero-order valence-electron chi connectivity index (χ0n) is 13.3. The molecular weight excluding hydrogens is 312 g/mol. The number of likely N-dealkylation sites (N-methyl/N-ethyl adjacent to an activating group) is 1. The molecule has 5 heteroatoms. The average molecular weight is 333 g/mol. The second-order valence-electron chi connectivity index (χ2n) is 5.43. The van der Waals surface area contributed by atoms with Crippen LogP contribution in [0.3, 0.4) is 0 Å². The maximum Gasteiger partial charge on any atom is 0.243 e. The molecule has 4 nitrogen and oxygen atoms in total. The normalized spacial score (nSPS) is 11.8. The molecule has 1 atom stereocenters. The molecule has 0 aliphatic carbocycles. The number of para-hydroxylation sites is 1. The van der Waals surface area contributed by atoms with Crippen LogP contribution in [0, 0.1) is 6.92 Å². The number of carbonyl (C=O) groups is 1. The van der Waals surface area contributed by atoms with Crippen LogP contribution in [0.1, 0.15) is 17.2 Å². The van der Waals surface area contributed by atoms with E-state index in [0.717, 1.165) is 11.1 Å². The van der Waals surface area contributed by atoms with E-state index in [9.17, 15) is 4.79 Å². The number of amides is 1. The van der Waals surface area contributed by atoms with Gasteiger partial charge in [0, 0.05) is 7.05 Å². The zero-order valence-corrected chi connectivity index (χ0v) is 14.1. The molecule has 0 spiro atoms. The van der Waals surface area contributed by atoms with E-state index >= 15 is 0 Å². The number of aryl methyl sites for hydroxylation is 1. The van der Waals surface area contributed by atoms with E-state index in [1.54, 1.807) is 24.1 Å². The van der Waals surface area contributed by atoms with E-state index in [0.29, 0.717) is 23.9 Å². The number of nitrogens with two attached hydrogens (primary N) is 1. The fraction of sp³-hybridized carbons (Fsp3) is 0.278. The van der Waals surface area contributed by atoms with Gasteiger partial charge in [0.15, 0.2) is 0 Å². The van der Waals surface area contributed by atoms with Gasteiger partial charge in [-0.3, -0.25) is 4.79 Å². The Balaban J connectivity index is 1.87. The summed E-state index contributed by atoms with van der Waals surface area (Å²) in [6.45, 7) is 2.78. The quantitative estimate of drug-likeness (QED) is 0.884. The number of nitrogens with zero attached hydrogens (tertiary/aromatic N) is 1. The van der Waals surface area contributed by atoms with E-state index < -0.39 is 6.04 Å². The van der Waals surface area contributed by atoms with Crippen molar-refractivity contribution < 1.29 is 9.53 Å². The lowest BCUT2D eigenvalue weighted by atomic mass is 10.1. The van der Waals surface area contributed by atoms with Gasteiger partial charge in [-0.1, -0.05) is 53.6 Å². The van der Waals surface area contributed by atoms with Gasteiger partial charge in [-0.25, -0.2) is 0 Å². The van der Waals surface area contributed by atoms with Crippen molar-refractivity contribution in [3.05, 3.63) is 64.7 Å². The number of rotatable bonds is 6. The summed E-state index contributed by atoms with van der Waals surface area (Å²) in [5.74, 6) is 0.467. The van der Waals surface area contributed by atoms with Gasteiger partial charge < -0.3 is 15.4 Å². The summed E-state index contributed by atoms with van der Waals surface area (Å²) in [4.78, 5) is 13.9. The largest absolute Gasteiger partial charge is 0.490 e. The molecule has 0 saturated heterocycles. The highest BCUT2D eigenvalue weighted by Crippen LogP contribution is 2.23. The highest BCUT2D eigenvalue weighted by molar-refractivity contribution is 6.32. The highest BCUT2D eigenvalue weighted by atomic mass is 35.5. The lowest BCUT2D eigenvalue weighted by Crippen LogP contribution is -2.38. The minimum absolute atomic E-state index is 0.142. The fourth-order valence-electron chi connectivity index (χ4n) is 2.12. The van der Waals surface area contributed by atoms with Gasteiger partial charge in [0.05, 0.1) is 11.6 Å². The second-order valence-corrected chi connectivity index (χ2v) is 5.83. The van der Waals surface area contributed by atoms with Crippen molar-refractivity contribution >= 4 is 17.5 Å². The third kappa shape index (κ3) is 4.71. The molecule has 1 unspecified atom stereocenters. The summed E-state index contributed by atoms with van der Waals surface area (Å²) in [5, 5.41) is 0.554. The predicted octanol–water partition coefficient (Wildman–Crippen LogP) is 3.19. The molecule has 2 aromatic rings. The first kappa shape index (κ1) is 17.3. The van der Waals surface area contributed by atoms with Crippen molar-refractivity contribution in [2.24, 2.45) is 5.73 Å². The van der Waals surface area contributed by atoms with Crippen molar-refractivity contribution in [2.75, 3.05) is 20.2 Å². The molecule has 0 bridgehead atoms. The number of benzene rings is 2. The van der Waals surface area contributed by atoms with E-state index in [2.05, 4.69) is 0 Å². The van der Waals surface area contributed by atoms with Crippen LogP contribution in [0.15, 0.2) is 48.5 Å². The molecule has 122 valence electrons. The maximum atomic E-state index is 12.4. The number of ether oxygens (including phenoxy) is 1. The van der Waals surface area contributed by atoms with Crippen molar-refractivity contribution in [2.45, 2.75) is 13.0 Å². The zero-order chi connectivity index (χ0) is 16.8. The number of hydrogen-bond donors (Lipinski definition) is 1. The molecule has 1 amide bonds. The molecule has 0 aliphatic rings. The van der Waals surface area contributed by atoms with Gasteiger partial charge in [0.1, 0.15) is 18.4 Å². The fourth-order valence-corrected chi connectivity index (χ4v) is 2.31. The Hall–Kier alpha value is -2.04. The Labute approximate surface area is 141 Å². The van der Waals surface area contributed by atoms with Crippen LogP contribution < -0.4 is 10.5 Å². The summed E-state index contributed by atoms with van der Waals surface area (Å²) in [5.41, 5.74) is 7.98. The molecule has 0 radical (unpaired) electrons. The van der Waals surface area contributed by atoms with Crippen LogP contribution in [0.5, 0.6) is 5.75 Å². The van der Waals surface area contributed by atoms with Crippen LogP contribution in [0.4, 0.5) is 0 Å². The van der Waals surface area contributed by atoms with Gasteiger partial charge in [-0.15, -0.1) is 0 Å². The third-order valence-electron chi connectivity index (χ3n) is 3.60. The van der Waals surface area contributed by atoms with E-state index in [4.69, 9.17) is 22.1 Å². The first-order valence-electron chi connectivity index (χ1n) is 7.43. The topological polar surface area (TPSA) is 55.6 Å². The molecule has 0 aliphatic heterocycles. The Morgan fingerprint density at radius 1 is 1.22 bits per heavy atom. The predicted molar refractivity (Wildman–Crippen MR) is 92.7 cm³/mol. The standard InChI is InChI=1S/C18H21ClN2O2/c1-13-7-9-14(10-8-13)17(20)18(22)21(2)11-12-23-16-6-4-3-5-15(16)19/h3-10,17H,11-12,20H2,1-2H3. The van der Waals surface area contributed by atoms with Crippen LogP contribution in [0.2, 0.25) is 5.02 Å². The molecular formula is C18H21ClN2O2. The summed E-state index contributed by atoms with van der Waals surface area (Å²) in [6, 6.07) is 14.2. The Morgan fingerprint density at radius 2 is 1.87 bits per heavy atom. The summed E-state index contributed by atoms with van der Waals surface area (Å²) in [7, 11) is 1.71. The van der Waals surface area contributed by atoms with Gasteiger partial charge in [0.2, 0.25) is 5.91 Å². The monoisotopic (exact) mass is 332 g/mol. The molecule has 0 heterocycles. The van der Waals surface area contributed by atoms with Crippen molar-refractivity contribution in [1.82, 2.24) is 4.90 Å². The van der Waals surface area contributed by atoms with Crippen molar-refractivity contribution in [3.63, 3.8) is 0 Å². The van der Waals surface area contributed by atoms with Gasteiger partial charge in [-0.05, 0) is 24.6 Å². The van der Waals surface area contributed by atoms with Crippen molar-refractivity contribution in [3.8, 4) is 5.75 Å². The SMILES string of the molecule is Cc1ccc(C(N)C(=O)N(C)CCOc2ccccc2Cl)cc1. The minimum atomic E-state index is -0.666. The maximum absolute atomic E-state index is 12.4. The molecule has 23 heavy (non-hydrogen) atoms. The van der Waals surface area contributed by atoms with E-state index in [1.165, 1.54) is 0 Å². The Morgan fingerprint density at radius 3 is 2.52 bits per heavy atom. The highest BCUT2D eigenvalue weighted by Gasteiger charge is 2.19. The lowest BCUT2D eigenvalue weighted by molar-refractivity contribution is -0.131. The number of halogens is 1. The molecule has 0 saturated carbocycles. The Bertz CT molecular complexity index is 658. The Kier molecular flexibility index (Phi) is 6.02. The molecule has 2 N–H and O–H groups in total. The van der Waals surface area contributed by atoms with Crippen LogP contribution in [-0.4, -0.2) is 31.0 Å². The van der Waals surface area contributed by atoms with Crippen LogP contribution >= 0.6 is 11.6 Å². The number of carbonyl (C=O) groups excluding carboxylic acids is 1. The van der Waals surface area contributed by atoms with E-state index in [-0.39, 0.29) is 5.91 Å². The molecule has 2 rings (SSSR count). The van der Waals surface area contributed by atoms with Gasteiger partial charge >= 0.3 is 0 Å². The summed E-state index contributed by atoms with van der Waals surface area (Å²) >= 11 is 6.02. The smallest absolute Gasteiger partial charge is 0.243 e. The second kappa shape index (κ2) is 7.99. The third-order valence-corrected chi connectivity index (χ3v) is 3.91. The summed E-state index contributed by atoms with van der Waals surface area (Å²) < 4.78 is 5.59. The van der Waals surface area contributed by atoms with Gasteiger partial charge in [-0.2, -0.15) is 0 Å². The molecule has 0 aromatic heterocycles. The van der Waals surface area contributed by atoms with Crippen molar-refractivity contribution in [1.29, 1.82) is 0 Å². The minimum Gasteiger partial charge on any atom is -0.490 e. The first-order valence-corrected chi connectivity index (χ1v) is 7.81. The van der Waals surface area contributed by atoms with Crippen LogP contribution in [-0.2, 0) is 4.79 Å². The number of hydrogen-bond acceptors (Lipinski definition) is 3.